The van der Waals surface area contributed by atoms with Gasteiger partial charge in [0, 0.05) is 0 Å². The first-order valence-electron chi connectivity index (χ1n) is 9.87. The fourth-order valence-electron chi connectivity index (χ4n) is 6.11. The van der Waals surface area contributed by atoms with Crippen molar-refractivity contribution in [2.45, 2.75) is 57.5 Å². The van der Waals surface area contributed by atoms with E-state index < -0.39 is 20.2 Å². The molecule has 0 aliphatic heterocycles. The molecule has 0 saturated heterocycles. The van der Waals surface area contributed by atoms with E-state index in [1.165, 1.54) is 11.1 Å². The zero-order chi connectivity index (χ0) is 20.3. The number of fused-ring (bicyclic) bond motifs is 5. The van der Waals surface area contributed by atoms with Crippen LogP contribution in [0.25, 0.3) is 0 Å². The molecule has 0 N–H and O–H groups in total. The maximum absolute atomic E-state index is 11.7. The first-order chi connectivity index (χ1) is 13.0. The molecule has 6 nitrogen and oxygen atoms in total. The normalized spacial score (nSPS) is 35.0. The van der Waals surface area contributed by atoms with Gasteiger partial charge >= 0.3 is 10.1 Å². The molecule has 0 radical (unpaired) electrons. The molecule has 28 heavy (non-hydrogen) atoms. The lowest BCUT2D eigenvalue weighted by Crippen LogP contribution is -2.45. The summed E-state index contributed by atoms with van der Waals surface area (Å²) in [6.45, 7) is 2.20. The molecular weight excluding hydrogens is 400 g/mol. The van der Waals surface area contributed by atoms with Crippen LogP contribution < -0.4 is 4.18 Å². The summed E-state index contributed by atoms with van der Waals surface area (Å²) in [5, 5.41) is 0. The number of hydrogen-bond donors (Lipinski definition) is 0. The van der Waals surface area contributed by atoms with Gasteiger partial charge in [-0.2, -0.15) is 16.8 Å². The summed E-state index contributed by atoms with van der Waals surface area (Å²) in [6.07, 6.45) is 7.64. The zero-order valence-corrected chi connectivity index (χ0v) is 18.2. The van der Waals surface area contributed by atoms with E-state index >= 15 is 0 Å². The Kier molecular flexibility index (Phi) is 4.83. The molecular formula is C20H28O6S2. The van der Waals surface area contributed by atoms with Gasteiger partial charge in [-0.25, -0.2) is 0 Å². The van der Waals surface area contributed by atoms with Crippen LogP contribution in [0.3, 0.4) is 0 Å². The molecule has 0 bridgehead atoms. The maximum Gasteiger partial charge on any atom is 0.306 e. The second-order valence-corrected chi connectivity index (χ2v) is 12.2. The van der Waals surface area contributed by atoms with Crippen LogP contribution in [-0.2, 0) is 30.8 Å². The summed E-state index contributed by atoms with van der Waals surface area (Å²) in [7, 11) is -6.99. The van der Waals surface area contributed by atoms with E-state index in [1.54, 1.807) is 6.07 Å². The van der Waals surface area contributed by atoms with Crippen LogP contribution in [0.4, 0.5) is 0 Å². The smallest absolute Gasteiger partial charge is 0.306 e. The molecule has 3 aliphatic carbocycles. The van der Waals surface area contributed by atoms with Crippen molar-refractivity contribution in [3.63, 3.8) is 0 Å². The molecule has 0 spiro atoms. The van der Waals surface area contributed by atoms with Crippen LogP contribution >= 0.6 is 0 Å². The van der Waals surface area contributed by atoms with Crippen LogP contribution in [0.5, 0.6) is 5.75 Å². The Morgan fingerprint density at radius 1 is 1.00 bits per heavy atom. The Bertz CT molecular complexity index is 984. The molecule has 2 fully saturated rings. The van der Waals surface area contributed by atoms with Crippen LogP contribution in [0.1, 0.15) is 56.1 Å². The third kappa shape index (κ3) is 3.71. The van der Waals surface area contributed by atoms with Crippen molar-refractivity contribution >= 4 is 20.2 Å². The summed E-state index contributed by atoms with van der Waals surface area (Å²) in [4.78, 5) is 0. The monoisotopic (exact) mass is 428 g/mol. The minimum Gasteiger partial charge on any atom is -0.383 e. The van der Waals surface area contributed by atoms with Crippen molar-refractivity contribution in [2.75, 3.05) is 12.5 Å². The fraction of sp³-hybridized carbons (Fsp3) is 0.700. The average molecular weight is 429 g/mol. The van der Waals surface area contributed by atoms with Gasteiger partial charge in [-0.3, -0.25) is 4.18 Å². The maximum atomic E-state index is 11.7. The Labute approximate surface area is 167 Å². The van der Waals surface area contributed by atoms with Crippen molar-refractivity contribution in [1.82, 2.24) is 0 Å². The van der Waals surface area contributed by atoms with E-state index in [0.29, 0.717) is 23.5 Å². The lowest BCUT2D eigenvalue weighted by molar-refractivity contribution is -0.00766. The SMILES string of the molecule is C[C@@]12CC[C@H]3c4ccc(OS(C)(=O)=O)cc4CC[C@@H]3[C@@H]1CC[C@@H]2OS(C)(=O)=O. The summed E-state index contributed by atoms with van der Waals surface area (Å²) < 4.78 is 56.8. The highest BCUT2D eigenvalue weighted by Crippen LogP contribution is 2.61. The minimum atomic E-state index is -3.53. The summed E-state index contributed by atoms with van der Waals surface area (Å²) >= 11 is 0. The predicted octanol–water partition coefficient (Wildman–Crippen LogP) is 3.23. The largest absolute Gasteiger partial charge is 0.383 e. The molecule has 0 unspecified atom stereocenters. The standard InChI is InChI=1S/C20H28O6S2/c1-20-11-10-16-15-7-5-14(25-27(2,21)22)12-13(15)4-6-17(16)18(20)8-9-19(20)26-28(3,23)24/h5,7,12,16-19H,4,6,8-11H2,1-3H3/t16-,17-,18-,19-,20+/m0/s1. The third-order valence-corrected chi connectivity index (χ3v) is 8.23. The Morgan fingerprint density at radius 3 is 2.43 bits per heavy atom. The van der Waals surface area contributed by atoms with Gasteiger partial charge in [0.15, 0.2) is 0 Å². The molecule has 4 rings (SSSR count). The van der Waals surface area contributed by atoms with Gasteiger partial charge in [-0.05, 0) is 85.0 Å². The summed E-state index contributed by atoms with van der Waals surface area (Å²) in [5.41, 5.74) is 2.38. The van der Waals surface area contributed by atoms with Crippen molar-refractivity contribution in [2.24, 2.45) is 17.3 Å². The van der Waals surface area contributed by atoms with E-state index in [1.807, 2.05) is 12.1 Å². The lowest BCUT2D eigenvalue weighted by Gasteiger charge is -2.50. The van der Waals surface area contributed by atoms with Crippen LogP contribution in [0.2, 0.25) is 0 Å². The van der Waals surface area contributed by atoms with E-state index in [-0.39, 0.29) is 11.5 Å². The molecule has 1 aromatic rings. The van der Waals surface area contributed by atoms with E-state index in [4.69, 9.17) is 8.37 Å². The predicted molar refractivity (Wildman–Crippen MR) is 106 cm³/mol. The van der Waals surface area contributed by atoms with Crippen molar-refractivity contribution in [3.05, 3.63) is 29.3 Å². The van der Waals surface area contributed by atoms with Crippen LogP contribution in [-0.4, -0.2) is 35.5 Å². The van der Waals surface area contributed by atoms with Gasteiger partial charge in [0.05, 0.1) is 18.6 Å². The molecule has 156 valence electrons. The van der Waals surface area contributed by atoms with E-state index in [0.717, 1.165) is 51.0 Å². The summed E-state index contributed by atoms with van der Waals surface area (Å²) in [6, 6.07) is 5.64. The highest BCUT2D eigenvalue weighted by molar-refractivity contribution is 7.86. The second-order valence-electron chi connectivity index (χ2n) is 8.97. The molecule has 5 atom stereocenters. The fourth-order valence-corrected chi connectivity index (χ4v) is 7.30. The van der Waals surface area contributed by atoms with Gasteiger partial charge in [0.25, 0.3) is 10.1 Å². The molecule has 3 aliphatic rings. The van der Waals surface area contributed by atoms with Gasteiger partial charge < -0.3 is 4.18 Å². The average Bonchev–Trinajstić information content (AvgIpc) is 2.88. The molecule has 0 amide bonds. The minimum absolute atomic E-state index is 0.0961. The summed E-state index contributed by atoms with van der Waals surface area (Å²) in [5.74, 6) is 1.79. The van der Waals surface area contributed by atoms with Crippen molar-refractivity contribution in [3.8, 4) is 5.75 Å². The first kappa shape index (κ1) is 20.2. The molecule has 2 saturated carbocycles. The molecule has 0 aromatic heterocycles. The lowest BCUT2D eigenvalue weighted by atomic mass is 9.55. The Hall–Kier alpha value is -1.12. The molecule has 8 heteroatoms. The second kappa shape index (κ2) is 6.71. The van der Waals surface area contributed by atoms with Crippen molar-refractivity contribution < 1.29 is 25.2 Å². The Morgan fingerprint density at radius 2 is 1.75 bits per heavy atom. The molecule has 0 heterocycles. The zero-order valence-electron chi connectivity index (χ0n) is 16.6. The topological polar surface area (TPSA) is 86.7 Å². The van der Waals surface area contributed by atoms with E-state index in [9.17, 15) is 16.8 Å². The highest BCUT2D eigenvalue weighted by Gasteiger charge is 2.56. The third-order valence-electron chi connectivity index (χ3n) is 7.15. The van der Waals surface area contributed by atoms with Gasteiger partial charge in [0.2, 0.25) is 0 Å². The first-order valence-corrected chi connectivity index (χ1v) is 13.5. The van der Waals surface area contributed by atoms with Gasteiger partial charge in [-0.1, -0.05) is 13.0 Å². The van der Waals surface area contributed by atoms with Gasteiger partial charge in [0.1, 0.15) is 5.75 Å². The number of hydrogen-bond acceptors (Lipinski definition) is 6. The van der Waals surface area contributed by atoms with Crippen LogP contribution in [0.15, 0.2) is 18.2 Å². The van der Waals surface area contributed by atoms with E-state index in [2.05, 4.69) is 6.92 Å². The quantitative estimate of drug-likeness (QED) is 0.685. The Balaban J connectivity index is 1.59. The van der Waals surface area contributed by atoms with Crippen LogP contribution in [0, 0.1) is 17.3 Å². The number of aryl methyl sites for hydroxylation is 1. The number of benzene rings is 1. The van der Waals surface area contributed by atoms with Crippen molar-refractivity contribution in [1.29, 1.82) is 0 Å². The highest BCUT2D eigenvalue weighted by atomic mass is 32.2. The number of rotatable bonds is 4. The van der Waals surface area contributed by atoms with Gasteiger partial charge in [-0.15, -0.1) is 0 Å². The molecule has 1 aromatic carbocycles.